The van der Waals surface area contributed by atoms with Crippen molar-refractivity contribution in [2.24, 2.45) is 0 Å². The fourth-order valence-corrected chi connectivity index (χ4v) is 3.46. The van der Waals surface area contributed by atoms with Gasteiger partial charge >= 0.3 is 0 Å². The largest absolute Gasteiger partial charge is 0.297 e. The van der Waals surface area contributed by atoms with Crippen molar-refractivity contribution in [1.29, 1.82) is 0 Å². The molecule has 3 heteroatoms. The standard InChI is InChI=1S/C18H14N2S/c1-3-7-14(8-4-1)11-16-12-20-13-17(19-18(20)21-16)15-9-5-2-6-10-15/h1-10,12-13H,11H2. The molecule has 0 radical (unpaired) electrons. The van der Waals surface area contributed by atoms with Gasteiger partial charge in [0.2, 0.25) is 0 Å². The van der Waals surface area contributed by atoms with Crippen molar-refractivity contribution in [3.63, 3.8) is 0 Å². The van der Waals surface area contributed by atoms with Gasteiger partial charge in [0.15, 0.2) is 4.96 Å². The summed E-state index contributed by atoms with van der Waals surface area (Å²) in [5.74, 6) is 0. The van der Waals surface area contributed by atoms with E-state index in [1.807, 2.05) is 18.2 Å². The summed E-state index contributed by atoms with van der Waals surface area (Å²) < 4.78 is 2.13. The fraction of sp³-hybridized carbons (Fsp3) is 0.0556. The fourth-order valence-electron chi connectivity index (χ4n) is 2.47. The van der Waals surface area contributed by atoms with Crippen molar-refractivity contribution in [1.82, 2.24) is 9.38 Å². The highest BCUT2D eigenvalue weighted by molar-refractivity contribution is 7.17. The molecule has 4 rings (SSSR count). The molecule has 0 fully saturated rings. The van der Waals surface area contributed by atoms with Crippen molar-refractivity contribution < 1.29 is 0 Å². The minimum atomic E-state index is 0.968. The van der Waals surface area contributed by atoms with Crippen LogP contribution in [0.3, 0.4) is 0 Å². The summed E-state index contributed by atoms with van der Waals surface area (Å²) in [6.07, 6.45) is 5.26. The molecule has 0 aliphatic carbocycles. The lowest BCUT2D eigenvalue weighted by atomic mass is 10.1. The van der Waals surface area contributed by atoms with Gasteiger partial charge in [-0.25, -0.2) is 4.98 Å². The topological polar surface area (TPSA) is 17.3 Å². The summed E-state index contributed by atoms with van der Waals surface area (Å²) in [4.78, 5) is 7.12. The van der Waals surface area contributed by atoms with Crippen LogP contribution in [0.25, 0.3) is 16.2 Å². The predicted octanol–water partition coefficient (Wildman–Crippen LogP) is 4.65. The molecule has 0 atom stereocenters. The second-order valence-electron chi connectivity index (χ2n) is 5.04. The Morgan fingerprint density at radius 3 is 2.29 bits per heavy atom. The van der Waals surface area contributed by atoms with Crippen LogP contribution in [0, 0.1) is 0 Å². The highest BCUT2D eigenvalue weighted by atomic mass is 32.1. The van der Waals surface area contributed by atoms with E-state index in [0.717, 1.165) is 22.6 Å². The SMILES string of the molecule is c1ccc(Cc2cn3cc(-c4ccccc4)nc3s2)cc1. The molecule has 0 spiro atoms. The molecule has 4 aromatic rings. The number of thiazole rings is 1. The van der Waals surface area contributed by atoms with Gasteiger partial charge in [-0.05, 0) is 5.56 Å². The first-order valence-corrected chi connectivity index (χ1v) is 7.77. The maximum Gasteiger partial charge on any atom is 0.194 e. The average Bonchev–Trinajstić information content (AvgIpc) is 3.07. The van der Waals surface area contributed by atoms with Crippen LogP contribution in [0.1, 0.15) is 10.4 Å². The summed E-state index contributed by atoms with van der Waals surface area (Å²) in [6, 6.07) is 20.9. The zero-order valence-electron chi connectivity index (χ0n) is 11.4. The van der Waals surface area contributed by atoms with Crippen LogP contribution in [0.5, 0.6) is 0 Å². The third-order valence-corrected chi connectivity index (χ3v) is 4.49. The molecule has 0 aliphatic heterocycles. The molecule has 2 nitrogen and oxygen atoms in total. The van der Waals surface area contributed by atoms with Crippen LogP contribution in [0.4, 0.5) is 0 Å². The van der Waals surface area contributed by atoms with E-state index in [2.05, 4.69) is 59.3 Å². The van der Waals surface area contributed by atoms with Gasteiger partial charge in [-0.3, -0.25) is 4.40 Å². The van der Waals surface area contributed by atoms with Crippen molar-refractivity contribution in [2.75, 3.05) is 0 Å². The first kappa shape index (κ1) is 12.4. The van der Waals surface area contributed by atoms with E-state index in [1.54, 1.807) is 11.3 Å². The average molecular weight is 290 g/mol. The Bertz CT molecular complexity index is 829. The normalized spacial score (nSPS) is 11.0. The van der Waals surface area contributed by atoms with Crippen molar-refractivity contribution in [3.8, 4) is 11.3 Å². The van der Waals surface area contributed by atoms with Crippen molar-refractivity contribution in [2.45, 2.75) is 6.42 Å². The number of nitrogens with zero attached hydrogens (tertiary/aromatic N) is 2. The van der Waals surface area contributed by atoms with Crippen LogP contribution < -0.4 is 0 Å². The zero-order chi connectivity index (χ0) is 14.1. The van der Waals surface area contributed by atoms with E-state index >= 15 is 0 Å². The molecule has 2 heterocycles. The van der Waals surface area contributed by atoms with Crippen LogP contribution in [0.15, 0.2) is 73.1 Å². The van der Waals surface area contributed by atoms with E-state index in [0.29, 0.717) is 0 Å². The highest BCUT2D eigenvalue weighted by Crippen LogP contribution is 2.25. The summed E-state index contributed by atoms with van der Waals surface area (Å²) in [6.45, 7) is 0. The number of aromatic nitrogens is 2. The van der Waals surface area contributed by atoms with Gasteiger partial charge in [-0.15, -0.1) is 11.3 Å². The van der Waals surface area contributed by atoms with Crippen molar-refractivity contribution in [3.05, 3.63) is 83.5 Å². The zero-order valence-corrected chi connectivity index (χ0v) is 12.3. The Balaban J connectivity index is 1.65. The van der Waals surface area contributed by atoms with E-state index in [4.69, 9.17) is 4.98 Å². The highest BCUT2D eigenvalue weighted by Gasteiger charge is 2.08. The molecule has 2 aromatic carbocycles. The number of imidazole rings is 1. The summed E-state index contributed by atoms with van der Waals surface area (Å²) >= 11 is 1.76. The maximum absolute atomic E-state index is 4.73. The van der Waals surface area contributed by atoms with E-state index in [1.165, 1.54) is 10.4 Å². The molecule has 0 saturated heterocycles. The van der Waals surface area contributed by atoms with Crippen LogP contribution in [-0.2, 0) is 6.42 Å². The van der Waals surface area contributed by atoms with Gasteiger partial charge in [0.1, 0.15) is 0 Å². The molecule has 0 unspecified atom stereocenters. The second kappa shape index (κ2) is 5.19. The number of hydrogen-bond donors (Lipinski definition) is 0. The number of fused-ring (bicyclic) bond motifs is 1. The predicted molar refractivity (Wildman–Crippen MR) is 87.8 cm³/mol. The smallest absolute Gasteiger partial charge is 0.194 e. The minimum absolute atomic E-state index is 0.968. The van der Waals surface area contributed by atoms with E-state index in [9.17, 15) is 0 Å². The Morgan fingerprint density at radius 1 is 0.857 bits per heavy atom. The van der Waals surface area contributed by atoms with Gasteiger partial charge in [-0.1, -0.05) is 60.7 Å². The molecule has 0 bridgehead atoms. The van der Waals surface area contributed by atoms with Gasteiger partial charge in [0, 0.05) is 29.3 Å². The Morgan fingerprint density at radius 2 is 1.57 bits per heavy atom. The first-order valence-electron chi connectivity index (χ1n) is 6.95. The van der Waals surface area contributed by atoms with Gasteiger partial charge in [0.25, 0.3) is 0 Å². The summed E-state index contributed by atoms with van der Waals surface area (Å²) in [5.41, 5.74) is 3.54. The number of rotatable bonds is 3. The molecule has 102 valence electrons. The van der Waals surface area contributed by atoms with E-state index in [-0.39, 0.29) is 0 Å². The molecular formula is C18H14N2S. The third-order valence-electron chi connectivity index (χ3n) is 3.49. The van der Waals surface area contributed by atoms with E-state index < -0.39 is 0 Å². The summed E-state index contributed by atoms with van der Waals surface area (Å²) in [7, 11) is 0. The molecule has 2 aromatic heterocycles. The van der Waals surface area contributed by atoms with Gasteiger partial charge in [-0.2, -0.15) is 0 Å². The lowest BCUT2D eigenvalue weighted by Crippen LogP contribution is -1.83. The quantitative estimate of drug-likeness (QED) is 0.536. The lowest BCUT2D eigenvalue weighted by molar-refractivity contribution is 1.16. The van der Waals surface area contributed by atoms with Gasteiger partial charge < -0.3 is 0 Å². The number of benzene rings is 2. The van der Waals surface area contributed by atoms with Crippen LogP contribution >= 0.6 is 11.3 Å². The Hall–Kier alpha value is -2.39. The molecule has 0 saturated carbocycles. The van der Waals surface area contributed by atoms with Crippen LogP contribution in [-0.4, -0.2) is 9.38 Å². The third kappa shape index (κ3) is 2.48. The first-order chi connectivity index (χ1) is 10.4. The number of hydrogen-bond acceptors (Lipinski definition) is 2. The van der Waals surface area contributed by atoms with Gasteiger partial charge in [0.05, 0.1) is 5.69 Å². The molecule has 0 amide bonds. The molecular weight excluding hydrogens is 276 g/mol. The molecule has 0 aliphatic rings. The molecule has 0 N–H and O–H groups in total. The van der Waals surface area contributed by atoms with Crippen LogP contribution in [0.2, 0.25) is 0 Å². The van der Waals surface area contributed by atoms with Crippen molar-refractivity contribution >= 4 is 16.3 Å². The Labute approximate surface area is 127 Å². The summed E-state index contributed by atoms with van der Waals surface area (Å²) in [5, 5.41) is 0. The monoisotopic (exact) mass is 290 g/mol. The second-order valence-corrected chi connectivity index (χ2v) is 6.14. The maximum atomic E-state index is 4.73. The minimum Gasteiger partial charge on any atom is -0.297 e. The Kier molecular flexibility index (Phi) is 3.05. The molecule has 21 heavy (non-hydrogen) atoms. The lowest BCUT2D eigenvalue weighted by Gasteiger charge is -1.96.